The summed E-state index contributed by atoms with van der Waals surface area (Å²) in [6.45, 7) is 3.49. The number of imidazole rings is 1. The molecular formula is C13H16BrN5O4. The van der Waals surface area contributed by atoms with E-state index in [-0.39, 0.29) is 18.5 Å². The Morgan fingerprint density at radius 3 is 2.83 bits per heavy atom. The Balaban J connectivity index is 1.82. The van der Waals surface area contributed by atoms with Gasteiger partial charge in [0, 0.05) is 0 Å². The third-order valence-electron chi connectivity index (χ3n) is 4.02. The van der Waals surface area contributed by atoms with E-state index in [0.29, 0.717) is 15.9 Å². The minimum atomic E-state index is -0.748. The third-order valence-corrected chi connectivity index (χ3v) is 4.58. The van der Waals surface area contributed by atoms with Gasteiger partial charge in [-0.3, -0.25) is 4.57 Å². The van der Waals surface area contributed by atoms with Crippen LogP contribution in [0.25, 0.3) is 11.2 Å². The number of aliphatic hydroxyl groups excluding tert-OH is 1. The van der Waals surface area contributed by atoms with Gasteiger partial charge in [0.25, 0.3) is 0 Å². The molecule has 0 amide bonds. The minimum absolute atomic E-state index is 0.168. The number of ether oxygens (including phenoxy) is 3. The minimum Gasteiger partial charge on any atom is -0.394 e. The van der Waals surface area contributed by atoms with Crippen molar-refractivity contribution in [1.82, 2.24) is 19.5 Å². The zero-order valence-corrected chi connectivity index (χ0v) is 14.1. The zero-order chi connectivity index (χ0) is 16.4. The summed E-state index contributed by atoms with van der Waals surface area (Å²) < 4.78 is 20.0. The first kappa shape index (κ1) is 15.2. The van der Waals surface area contributed by atoms with E-state index in [2.05, 4.69) is 30.9 Å². The third kappa shape index (κ3) is 2.24. The van der Waals surface area contributed by atoms with Crippen LogP contribution < -0.4 is 5.73 Å². The van der Waals surface area contributed by atoms with Crippen LogP contribution >= 0.6 is 15.9 Å². The molecule has 0 aliphatic carbocycles. The quantitative estimate of drug-likeness (QED) is 0.720. The van der Waals surface area contributed by atoms with E-state index in [1.807, 2.05) is 13.8 Å². The molecule has 23 heavy (non-hydrogen) atoms. The van der Waals surface area contributed by atoms with Crippen LogP contribution in [-0.4, -0.2) is 55.3 Å². The maximum Gasteiger partial charge on any atom is 0.181 e. The summed E-state index contributed by atoms with van der Waals surface area (Å²) in [5, 5.41) is 9.58. The van der Waals surface area contributed by atoms with E-state index in [0.717, 1.165) is 0 Å². The number of hydrogen-bond donors (Lipinski definition) is 2. The molecule has 124 valence electrons. The normalized spacial score (nSPS) is 32.5. The largest absolute Gasteiger partial charge is 0.394 e. The molecule has 4 heterocycles. The van der Waals surface area contributed by atoms with Crippen molar-refractivity contribution in [3.05, 3.63) is 11.1 Å². The summed E-state index contributed by atoms with van der Waals surface area (Å²) in [6.07, 6.45) is -0.438. The van der Waals surface area contributed by atoms with Crippen LogP contribution in [-0.2, 0) is 14.2 Å². The number of fused-ring (bicyclic) bond motifs is 2. The average molecular weight is 386 g/mol. The number of rotatable bonds is 2. The maximum absolute atomic E-state index is 9.58. The van der Waals surface area contributed by atoms with Gasteiger partial charge in [-0.05, 0) is 29.8 Å². The lowest BCUT2D eigenvalue weighted by Gasteiger charge is -2.24. The predicted octanol–water partition coefficient (Wildman–Crippen LogP) is 0.581. The fourth-order valence-electron chi connectivity index (χ4n) is 3.14. The van der Waals surface area contributed by atoms with E-state index < -0.39 is 24.2 Å². The van der Waals surface area contributed by atoms with Crippen LogP contribution in [0, 0.1) is 0 Å². The van der Waals surface area contributed by atoms with Gasteiger partial charge in [-0.15, -0.1) is 0 Å². The highest BCUT2D eigenvalue weighted by molar-refractivity contribution is 9.10. The molecule has 4 rings (SSSR count). The highest BCUT2D eigenvalue weighted by atomic mass is 79.9. The second-order valence-corrected chi connectivity index (χ2v) is 6.70. The Hall–Kier alpha value is -1.33. The molecule has 10 heteroatoms. The summed E-state index contributed by atoms with van der Waals surface area (Å²) in [7, 11) is 0. The Kier molecular flexibility index (Phi) is 3.36. The number of nitrogens with two attached hydrogens (primary N) is 1. The summed E-state index contributed by atoms with van der Waals surface area (Å²) in [4.78, 5) is 12.5. The first-order valence-electron chi connectivity index (χ1n) is 7.17. The van der Waals surface area contributed by atoms with Gasteiger partial charge in [-0.25, -0.2) is 15.0 Å². The molecule has 0 bridgehead atoms. The number of nitrogen functional groups attached to an aromatic ring is 1. The molecule has 0 aromatic carbocycles. The molecule has 4 atom stereocenters. The summed E-state index contributed by atoms with van der Waals surface area (Å²) in [5.41, 5.74) is 6.86. The summed E-state index contributed by atoms with van der Waals surface area (Å²) in [6, 6.07) is 0. The molecule has 9 nitrogen and oxygen atoms in total. The van der Waals surface area contributed by atoms with Gasteiger partial charge >= 0.3 is 0 Å². The van der Waals surface area contributed by atoms with Crippen LogP contribution in [0.3, 0.4) is 0 Å². The maximum atomic E-state index is 9.58. The van der Waals surface area contributed by atoms with E-state index >= 15 is 0 Å². The summed E-state index contributed by atoms with van der Waals surface area (Å²) >= 11 is 3.41. The van der Waals surface area contributed by atoms with Gasteiger partial charge in [0.1, 0.15) is 24.6 Å². The fraction of sp³-hybridized carbons (Fsp3) is 0.615. The molecule has 2 fully saturated rings. The second kappa shape index (κ2) is 5.08. The van der Waals surface area contributed by atoms with Crippen molar-refractivity contribution >= 4 is 32.9 Å². The molecule has 2 aliphatic rings. The van der Waals surface area contributed by atoms with E-state index in [9.17, 15) is 5.11 Å². The predicted molar refractivity (Wildman–Crippen MR) is 82.3 cm³/mol. The number of aromatic nitrogens is 4. The molecule has 2 aliphatic heterocycles. The molecule has 0 spiro atoms. The Morgan fingerprint density at radius 2 is 2.09 bits per heavy atom. The SMILES string of the molecule is CC1(C)OC2[C@@H](CO)O[C@@H](n3c(Br)nc4c(N)ncnc43)[C@H]2O1. The number of anilines is 1. The van der Waals surface area contributed by atoms with Crippen LogP contribution in [0.4, 0.5) is 5.82 Å². The standard InChI is InChI=1S/C13H16BrN5O4/c1-13(2)22-7-5(3-20)21-11(8(7)23-13)19-10-6(18-12(19)14)9(15)16-4-17-10/h4-5,7-8,11,20H,3H2,1-2H3,(H2,15,16,17)/t5-,7?,8+,11-/m1/s1. The van der Waals surface area contributed by atoms with Crippen molar-refractivity contribution < 1.29 is 19.3 Å². The topological polar surface area (TPSA) is 118 Å². The molecule has 2 aromatic heterocycles. The van der Waals surface area contributed by atoms with Crippen molar-refractivity contribution in [2.75, 3.05) is 12.3 Å². The molecule has 1 unspecified atom stereocenters. The molecular weight excluding hydrogens is 370 g/mol. The van der Waals surface area contributed by atoms with Crippen LogP contribution in [0.2, 0.25) is 0 Å². The highest BCUT2D eigenvalue weighted by Gasteiger charge is 2.56. The smallest absolute Gasteiger partial charge is 0.181 e. The van der Waals surface area contributed by atoms with Crippen LogP contribution in [0.5, 0.6) is 0 Å². The van der Waals surface area contributed by atoms with Crippen molar-refractivity contribution in [3.8, 4) is 0 Å². The van der Waals surface area contributed by atoms with Gasteiger partial charge in [-0.1, -0.05) is 0 Å². The lowest BCUT2D eigenvalue weighted by molar-refractivity contribution is -0.200. The number of nitrogens with zero attached hydrogens (tertiary/aromatic N) is 4. The van der Waals surface area contributed by atoms with Gasteiger partial charge in [0.2, 0.25) is 0 Å². The van der Waals surface area contributed by atoms with Crippen molar-refractivity contribution in [2.45, 2.75) is 44.2 Å². The van der Waals surface area contributed by atoms with Gasteiger partial charge < -0.3 is 25.1 Å². The van der Waals surface area contributed by atoms with Crippen LogP contribution in [0.15, 0.2) is 11.1 Å². The van der Waals surface area contributed by atoms with Gasteiger partial charge in [0.05, 0.1) is 6.61 Å². The second-order valence-electron chi connectivity index (χ2n) is 5.99. The van der Waals surface area contributed by atoms with Crippen molar-refractivity contribution in [1.29, 1.82) is 0 Å². The van der Waals surface area contributed by atoms with Crippen LogP contribution in [0.1, 0.15) is 20.1 Å². The van der Waals surface area contributed by atoms with Gasteiger partial charge in [-0.2, -0.15) is 0 Å². The Bertz CT molecular complexity index is 766. The van der Waals surface area contributed by atoms with Crippen molar-refractivity contribution in [3.63, 3.8) is 0 Å². The molecule has 2 saturated heterocycles. The highest BCUT2D eigenvalue weighted by Crippen LogP contribution is 2.44. The Morgan fingerprint density at radius 1 is 1.35 bits per heavy atom. The molecule has 0 saturated carbocycles. The molecule has 3 N–H and O–H groups in total. The molecule has 0 radical (unpaired) electrons. The van der Waals surface area contributed by atoms with E-state index in [1.54, 1.807) is 4.57 Å². The monoisotopic (exact) mass is 385 g/mol. The number of halogens is 1. The first-order valence-corrected chi connectivity index (χ1v) is 7.96. The molecule has 2 aromatic rings. The number of aliphatic hydroxyl groups is 1. The van der Waals surface area contributed by atoms with Crippen molar-refractivity contribution in [2.24, 2.45) is 0 Å². The van der Waals surface area contributed by atoms with E-state index in [4.69, 9.17) is 19.9 Å². The number of hydrogen-bond acceptors (Lipinski definition) is 8. The first-order chi connectivity index (χ1) is 10.9. The summed E-state index contributed by atoms with van der Waals surface area (Å²) in [5.74, 6) is -0.464. The van der Waals surface area contributed by atoms with E-state index in [1.165, 1.54) is 6.33 Å². The Labute approximate surface area is 139 Å². The fourth-order valence-corrected chi connectivity index (χ4v) is 3.69. The lowest BCUT2D eigenvalue weighted by Crippen LogP contribution is -2.31. The lowest BCUT2D eigenvalue weighted by atomic mass is 10.1. The van der Waals surface area contributed by atoms with Gasteiger partial charge in [0.15, 0.2) is 33.7 Å². The average Bonchev–Trinajstić information content (AvgIpc) is 3.08. The zero-order valence-electron chi connectivity index (χ0n) is 12.5.